The highest BCUT2D eigenvalue weighted by Crippen LogP contribution is 2.40. The number of methoxy groups -OCH3 is 1. The topological polar surface area (TPSA) is 88.4 Å². The van der Waals surface area contributed by atoms with Crippen molar-refractivity contribution in [2.45, 2.75) is 40.7 Å². The monoisotopic (exact) mass is 404 g/mol. The SMILES string of the molecule is COc1c(C)cc(C)c(OCCO)c1Cc1c(CO)c(C)cc(C)c1OCCO. The zero-order chi connectivity index (χ0) is 21.6. The van der Waals surface area contributed by atoms with Crippen molar-refractivity contribution in [3.05, 3.63) is 51.1 Å². The molecule has 0 radical (unpaired) electrons. The van der Waals surface area contributed by atoms with Crippen molar-refractivity contribution in [2.24, 2.45) is 0 Å². The minimum absolute atomic E-state index is 0.0919. The van der Waals surface area contributed by atoms with Gasteiger partial charge in [0.25, 0.3) is 0 Å². The summed E-state index contributed by atoms with van der Waals surface area (Å²) in [6.07, 6.45) is 0.422. The molecule has 6 heteroatoms. The van der Waals surface area contributed by atoms with E-state index in [1.165, 1.54) is 0 Å². The van der Waals surface area contributed by atoms with Crippen LogP contribution in [0.25, 0.3) is 0 Å². The minimum atomic E-state index is -0.128. The zero-order valence-corrected chi connectivity index (χ0v) is 18.0. The van der Waals surface area contributed by atoms with Crippen molar-refractivity contribution in [1.29, 1.82) is 0 Å². The molecule has 6 nitrogen and oxygen atoms in total. The first-order valence-electron chi connectivity index (χ1n) is 9.76. The Morgan fingerprint density at radius 3 is 1.62 bits per heavy atom. The van der Waals surface area contributed by atoms with Crippen LogP contribution in [-0.4, -0.2) is 48.9 Å². The number of benzene rings is 2. The average Bonchev–Trinajstić information content (AvgIpc) is 2.67. The van der Waals surface area contributed by atoms with Crippen LogP contribution in [-0.2, 0) is 13.0 Å². The summed E-state index contributed by atoms with van der Waals surface area (Å²) in [5.74, 6) is 2.03. The first-order chi connectivity index (χ1) is 13.9. The Kier molecular flexibility index (Phi) is 8.32. The van der Waals surface area contributed by atoms with Crippen LogP contribution in [0.1, 0.15) is 38.9 Å². The highest BCUT2D eigenvalue weighted by Gasteiger charge is 2.22. The summed E-state index contributed by atoms with van der Waals surface area (Å²) < 4.78 is 17.4. The Labute approximate surface area is 172 Å². The van der Waals surface area contributed by atoms with Gasteiger partial charge in [-0.1, -0.05) is 6.07 Å². The summed E-state index contributed by atoms with van der Waals surface area (Å²) in [7, 11) is 1.62. The number of aliphatic hydroxyl groups is 3. The molecule has 0 aliphatic carbocycles. The van der Waals surface area contributed by atoms with Crippen LogP contribution in [0.3, 0.4) is 0 Å². The Morgan fingerprint density at radius 2 is 1.14 bits per heavy atom. The van der Waals surface area contributed by atoms with Crippen LogP contribution in [0, 0.1) is 27.7 Å². The molecule has 0 saturated heterocycles. The smallest absolute Gasteiger partial charge is 0.129 e. The summed E-state index contributed by atoms with van der Waals surface area (Å²) >= 11 is 0. The predicted molar refractivity (Wildman–Crippen MR) is 112 cm³/mol. The molecular weight excluding hydrogens is 372 g/mol. The third-order valence-electron chi connectivity index (χ3n) is 4.99. The molecule has 0 aliphatic rings. The standard InChI is InChI=1S/C23H32O6/c1-14-10-16(3)22(28-8-6-24)18(20(14)13-26)12-19-21(27-5)15(2)11-17(4)23(19)29-9-7-25/h10-11,24-26H,6-9,12-13H2,1-5H3. The molecule has 0 amide bonds. The van der Waals surface area contributed by atoms with Gasteiger partial charge in [-0.15, -0.1) is 0 Å². The molecule has 0 bridgehead atoms. The van der Waals surface area contributed by atoms with Crippen molar-refractivity contribution >= 4 is 0 Å². The lowest BCUT2D eigenvalue weighted by molar-refractivity contribution is 0.197. The number of aliphatic hydroxyl groups excluding tert-OH is 3. The van der Waals surface area contributed by atoms with E-state index in [4.69, 9.17) is 14.2 Å². The molecule has 29 heavy (non-hydrogen) atoms. The first kappa shape index (κ1) is 23.0. The lowest BCUT2D eigenvalue weighted by atomic mass is 9.90. The van der Waals surface area contributed by atoms with Crippen molar-refractivity contribution < 1.29 is 29.5 Å². The van der Waals surface area contributed by atoms with Crippen molar-refractivity contribution in [3.63, 3.8) is 0 Å². The van der Waals surface area contributed by atoms with E-state index in [0.717, 1.165) is 38.9 Å². The molecule has 0 atom stereocenters. The molecule has 3 N–H and O–H groups in total. The molecule has 0 aromatic heterocycles. The van der Waals surface area contributed by atoms with Gasteiger partial charge in [-0.05, 0) is 61.6 Å². The highest BCUT2D eigenvalue weighted by molar-refractivity contribution is 5.59. The fourth-order valence-corrected chi connectivity index (χ4v) is 3.85. The Hall–Kier alpha value is -2.28. The number of aryl methyl sites for hydroxylation is 4. The first-order valence-corrected chi connectivity index (χ1v) is 9.76. The molecule has 0 heterocycles. The molecule has 2 rings (SSSR count). The normalized spacial score (nSPS) is 10.9. The van der Waals surface area contributed by atoms with Crippen LogP contribution in [0.4, 0.5) is 0 Å². The number of rotatable bonds is 10. The summed E-state index contributed by atoms with van der Waals surface area (Å²) in [6.45, 7) is 7.86. The van der Waals surface area contributed by atoms with Crippen molar-refractivity contribution in [2.75, 3.05) is 33.5 Å². The highest BCUT2D eigenvalue weighted by atomic mass is 16.5. The van der Waals surface area contributed by atoms with Gasteiger partial charge in [0.1, 0.15) is 30.5 Å². The fraction of sp³-hybridized carbons (Fsp3) is 0.478. The van der Waals surface area contributed by atoms with Crippen LogP contribution < -0.4 is 14.2 Å². The van der Waals surface area contributed by atoms with Gasteiger partial charge in [-0.25, -0.2) is 0 Å². The van der Waals surface area contributed by atoms with Crippen LogP contribution in [0.5, 0.6) is 17.2 Å². The lowest BCUT2D eigenvalue weighted by Gasteiger charge is -2.23. The molecular formula is C23H32O6. The molecule has 0 spiro atoms. The van der Waals surface area contributed by atoms with Crippen LogP contribution in [0.15, 0.2) is 12.1 Å². The lowest BCUT2D eigenvalue weighted by Crippen LogP contribution is -2.12. The van der Waals surface area contributed by atoms with E-state index in [1.54, 1.807) is 7.11 Å². The maximum absolute atomic E-state index is 10.1. The molecule has 0 saturated carbocycles. The van der Waals surface area contributed by atoms with E-state index in [1.807, 2.05) is 39.8 Å². The molecule has 2 aromatic rings. The quantitative estimate of drug-likeness (QED) is 0.564. The third-order valence-corrected chi connectivity index (χ3v) is 4.99. The van der Waals surface area contributed by atoms with Crippen LogP contribution >= 0.6 is 0 Å². The summed E-state index contributed by atoms with van der Waals surface area (Å²) in [6, 6.07) is 3.97. The Balaban J connectivity index is 2.72. The summed E-state index contributed by atoms with van der Waals surface area (Å²) in [4.78, 5) is 0. The van der Waals surface area contributed by atoms with Crippen molar-refractivity contribution in [3.8, 4) is 17.2 Å². The van der Waals surface area contributed by atoms with Gasteiger partial charge in [-0.2, -0.15) is 0 Å². The van der Waals surface area contributed by atoms with E-state index < -0.39 is 0 Å². The molecule has 0 fully saturated rings. The van der Waals surface area contributed by atoms with E-state index >= 15 is 0 Å². The minimum Gasteiger partial charge on any atom is -0.496 e. The maximum atomic E-state index is 10.1. The van der Waals surface area contributed by atoms with Gasteiger partial charge in [0, 0.05) is 17.5 Å². The largest absolute Gasteiger partial charge is 0.496 e. The predicted octanol–water partition coefficient (Wildman–Crippen LogP) is 2.75. The van der Waals surface area contributed by atoms with Gasteiger partial charge in [0.2, 0.25) is 0 Å². The zero-order valence-electron chi connectivity index (χ0n) is 18.0. The Bertz CT molecular complexity index is 775. The van der Waals surface area contributed by atoms with Gasteiger partial charge >= 0.3 is 0 Å². The number of hydrogen-bond donors (Lipinski definition) is 3. The van der Waals surface area contributed by atoms with Crippen LogP contribution in [0.2, 0.25) is 0 Å². The number of hydrogen-bond acceptors (Lipinski definition) is 6. The van der Waals surface area contributed by atoms with Gasteiger partial charge in [0.15, 0.2) is 0 Å². The fourth-order valence-electron chi connectivity index (χ4n) is 3.85. The third kappa shape index (κ3) is 5.01. The van der Waals surface area contributed by atoms with E-state index in [9.17, 15) is 15.3 Å². The summed E-state index contributed by atoms with van der Waals surface area (Å²) in [5, 5.41) is 28.5. The summed E-state index contributed by atoms with van der Waals surface area (Å²) in [5.41, 5.74) is 6.30. The van der Waals surface area contributed by atoms with Gasteiger partial charge < -0.3 is 29.5 Å². The number of ether oxygens (including phenoxy) is 3. The molecule has 0 unspecified atom stereocenters. The maximum Gasteiger partial charge on any atom is 0.129 e. The molecule has 2 aromatic carbocycles. The second-order valence-electron chi connectivity index (χ2n) is 7.13. The van der Waals surface area contributed by atoms with E-state index in [-0.39, 0.29) is 33.0 Å². The molecule has 160 valence electrons. The van der Waals surface area contributed by atoms with E-state index in [0.29, 0.717) is 23.7 Å². The van der Waals surface area contributed by atoms with E-state index in [2.05, 4.69) is 0 Å². The molecule has 0 aliphatic heterocycles. The second-order valence-corrected chi connectivity index (χ2v) is 7.13. The second kappa shape index (κ2) is 10.5. The van der Waals surface area contributed by atoms with Crippen molar-refractivity contribution in [1.82, 2.24) is 0 Å². The Morgan fingerprint density at radius 1 is 0.655 bits per heavy atom. The average molecular weight is 405 g/mol. The van der Waals surface area contributed by atoms with Gasteiger partial charge in [0.05, 0.1) is 26.9 Å². The van der Waals surface area contributed by atoms with Gasteiger partial charge in [-0.3, -0.25) is 0 Å².